The zero-order chi connectivity index (χ0) is 23.7. The van der Waals surface area contributed by atoms with E-state index in [0.29, 0.717) is 5.69 Å². The molecule has 5 heteroatoms. The number of hydrogen-bond donors (Lipinski definition) is 1. The molecule has 0 radical (unpaired) electrons. The molecule has 1 rings (SSSR count). The van der Waals surface area contributed by atoms with E-state index in [1.54, 1.807) is 12.1 Å². The van der Waals surface area contributed by atoms with Crippen molar-refractivity contribution < 1.29 is 9.41 Å². The number of benzene rings is 1. The van der Waals surface area contributed by atoms with Crippen LogP contribution in [0.1, 0.15) is 102 Å². The molecule has 0 aliphatic carbocycles. The third kappa shape index (κ3) is 13.7. The van der Waals surface area contributed by atoms with Gasteiger partial charge in [-0.05, 0) is 31.4 Å². The van der Waals surface area contributed by atoms with Crippen LogP contribution in [0, 0.1) is 17.0 Å². The molecule has 0 bridgehead atoms. The van der Waals surface area contributed by atoms with Crippen molar-refractivity contribution in [3.8, 4) is 0 Å². The fourth-order valence-electron chi connectivity index (χ4n) is 4.29. The van der Waals surface area contributed by atoms with E-state index in [9.17, 15) is 10.1 Å². The molecule has 0 unspecified atom stereocenters. The Morgan fingerprint density at radius 3 is 1.81 bits per heavy atom. The van der Waals surface area contributed by atoms with Crippen LogP contribution in [0.15, 0.2) is 18.2 Å². The Morgan fingerprint density at radius 1 is 0.812 bits per heavy atom. The number of nitro benzene ring substituents is 1. The minimum atomic E-state index is -0.309. The van der Waals surface area contributed by atoms with Gasteiger partial charge >= 0.3 is 0 Å². The molecule has 0 atom stereocenters. The largest absolute Gasteiger partial charge is 0.374 e. The third-order valence-corrected chi connectivity index (χ3v) is 6.50. The van der Waals surface area contributed by atoms with Gasteiger partial charge in [0.2, 0.25) is 0 Å². The van der Waals surface area contributed by atoms with Crippen molar-refractivity contribution >= 4 is 11.4 Å². The highest BCUT2D eigenvalue weighted by Crippen LogP contribution is 2.25. The van der Waals surface area contributed by atoms with Gasteiger partial charge in [0.1, 0.15) is 5.69 Å². The zero-order valence-electron chi connectivity index (χ0n) is 21.5. The maximum absolute atomic E-state index is 11.2. The summed E-state index contributed by atoms with van der Waals surface area (Å²) in [6, 6.07) is 5.25. The van der Waals surface area contributed by atoms with Gasteiger partial charge in [-0.3, -0.25) is 10.1 Å². The fourth-order valence-corrected chi connectivity index (χ4v) is 4.29. The standard InChI is InChI=1S/C27H50N3O2/c1-5-6-7-8-9-10-11-12-13-14-15-16-17-18-22-30(3,4)23-21-28-26-24-25(2)19-20-27(26)29(31)32/h19-20,24,28H,5-18,21-23H2,1-4H3/q+1. The quantitative estimate of drug-likeness (QED) is 0.0955. The van der Waals surface area contributed by atoms with Crippen LogP contribution in [-0.2, 0) is 0 Å². The second kappa shape index (κ2) is 16.9. The first kappa shape index (κ1) is 28.4. The Bertz CT molecular complexity index is 631. The first-order valence-electron chi connectivity index (χ1n) is 13.2. The van der Waals surface area contributed by atoms with E-state index >= 15 is 0 Å². The van der Waals surface area contributed by atoms with Gasteiger partial charge in [0.25, 0.3) is 5.69 Å². The Hall–Kier alpha value is -1.62. The van der Waals surface area contributed by atoms with Crippen molar-refractivity contribution in [2.45, 2.75) is 104 Å². The molecule has 0 aliphatic heterocycles. The molecule has 5 nitrogen and oxygen atoms in total. The highest BCUT2D eigenvalue weighted by atomic mass is 16.6. The lowest BCUT2D eigenvalue weighted by Crippen LogP contribution is -2.43. The average Bonchev–Trinajstić information content (AvgIpc) is 2.73. The number of rotatable bonds is 20. The van der Waals surface area contributed by atoms with E-state index in [1.807, 2.05) is 13.0 Å². The van der Waals surface area contributed by atoms with E-state index in [1.165, 1.54) is 89.9 Å². The number of aryl methyl sites for hydroxylation is 1. The van der Waals surface area contributed by atoms with Crippen LogP contribution >= 0.6 is 0 Å². The number of nitrogens with zero attached hydrogens (tertiary/aromatic N) is 2. The maximum Gasteiger partial charge on any atom is 0.292 e. The minimum Gasteiger partial charge on any atom is -0.374 e. The van der Waals surface area contributed by atoms with E-state index < -0.39 is 0 Å². The molecule has 1 N–H and O–H groups in total. The van der Waals surface area contributed by atoms with E-state index in [-0.39, 0.29) is 10.6 Å². The smallest absolute Gasteiger partial charge is 0.292 e. The molecule has 0 aromatic heterocycles. The van der Waals surface area contributed by atoms with Crippen LogP contribution in [-0.4, -0.2) is 43.1 Å². The Labute approximate surface area is 197 Å². The molecule has 0 amide bonds. The highest BCUT2D eigenvalue weighted by molar-refractivity contribution is 5.62. The summed E-state index contributed by atoms with van der Waals surface area (Å²) in [4.78, 5) is 10.9. The van der Waals surface area contributed by atoms with Crippen molar-refractivity contribution in [3.63, 3.8) is 0 Å². The molecular formula is C27H50N3O2+. The molecule has 0 saturated carbocycles. The number of nitro groups is 1. The van der Waals surface area contributed by atoms with Gasteiger partial charge in [-0.1, -0.05) is 90.0 Å². The number of hydrogen-bond acceptors (Lipinski definition) is 3. The van der Waals surface area contributed by atoms with Crippen LogP contribution < -0.4 is 5.32 Å². The number of nitrogens with one attached hydrogen (secondary N) is 1. The van der Waals surface area contributed by atoms with Crippen molar-refractivity contribution in [1.82, 2.24) is 0 Å². The van der Waals surface area contributed by atoms with Crippen molar-refractivity contribution in [2.24, 2.45) is 0 Å². The number of unbranched alkanes of at least 4 members (excludes halogenated alkanes) is 13. The molecule has 0 aliphatic rings. The molecule has 0 fully saturated rings. The summed E-state index contributed by atoms with van der Waals surface area (Å²) in [5.41, 5.74) is 1.83. The van der Waals surface area contributed by atoms with E-state index in [0.717, 1.165) is 29.7 Å². The first-order valence-corrected chi connectivity index (χ1v) is 13.2. The molecule has 1 aromatic carbocycles. The molecule has 184 valence electrons. The predicted molar refractivity (Wildman–Crippen MR) is 138 cm³/mol. The Morgan fingerprint density at radius 2 is 1.31 bits per heavy atom. The molecule has 32 heavy (non-hydrogen) atoms. The van der Waals surface area contributed by atoms with E-state index in [2.05, 4.69) is 26.3 Å². The summed E-state index contributed by atoms with van der Waals surface area (Å²) in [6.45, 7) is 7.11. The topological polar surface area (TPSA) is 55.2 Å². The summed E-state index contributed by atoms with van der Waals surface area (Å²) in [5, 5.41) is 14.5. The molecule has 0 spiro atoms. The second-order valence-corrected chi connectivity index (χ2v) is 10.2. The van der Waals surface area contributed by atoms with Gasteiger partial charge in [0.15, 0.2) is 0 Å². The number of quaternary nitrogens is 1. The van der Waals surface area contributed by atoms with Crippen LogP contribution in [0.25, 0.3) is 0 Å². The van der Waals surface area contributed by atoms with Crippen LogP contribution in [0.3, 0.4) is 0 Å². The average molecular weight is 449 g/mol. The fraction of sp³-hybridized carbons (Fsp3) is 0.778. The van der Waals surface area contributed by atoms with Crippen LogP contribution in [0.5, 0.6) is 0 Å². The second-order valence-electron chi connectivity index (χ2n) is 10.2. The molecule has 0 saturated heterocycles. The van der Waals surface area contributed by atoms with Crippen LogP contribution in [0.4, 0.5) is 11.4 Å². The summed E-state index contributed by atoms with van der Waals surface area (Å²) in [7, 11) is 4.52. The van der Waals surface area contributed by atoms with Crippen LogP contribution in [0.2, 0.25) is 0 Å². The van der Waals surface area contributed by atoms with Gasteiger partial charge in [0, 0.05) is 6.07 Å². The molecule has 0 heterocycles. The highest BCUT2D eigenvalue weighted by Gasteiger charge is 2.17. The Balaban J connectivity index is 2.04. The zero-order valence-corrected chi connectivity index (χ0v) is 21.5. The normalized spacial score (nSPS) is 11.6. The van der Waals surface area contributed by atoms with Crippen molar-refractivity contribution in [1.29, 1.82) is 0 Å². The monoisotopic (exact) mass is 448 g/mol. The number of likely N-dealkylation sites (N-methyl/N-ethyl adjacent to an activating group) is 1. The summed E-state index contributed by atoms with van der Waals surface area (Å²) in [5.74, 6) is 0. The van der Waals surface area contributed by atoms with Gasteiger partial charge in [-0.2, -0.15) is 0 Å². The molecular weight excluding hydrogens is 398 g/mol. The lowest BCUT2D eigenvalue weighted by Gasteiger charge is -2.30. The number of anilines is 1. The van der Waals surface area contributed by atoms with Crippen molar-refractivity contribution in [3.05, 3.63) is 33.9 Å². The summed E-state index contributed by atoms with van der Waals surface area (Å²) >= 11 is 0. The van der Waals surface area contributed by atoms with Gasteiger partial charge < -0.3 is 9.80 Å². The van der Waals surface area contributed by atoms with Gasteiger partial charge in [-0.25, -0.2) is 0 Å². The minimum absolute atomic E-state index is 0.160. The third-order valence-electron chi connectivity index (χ3n) is 6.50. The summed E-state index contributed by atoms with van der Waals surface area (Å²) < 4.78 is 0.949. The van der Waals surface area contributed by atoms with Gasteiger partial charge in [-0.15, -0.1) is 0 Å². The SMILES string of the molecule is CCCCCCCCCCCCCCCC[N+](C)(C)CCNc1cc(C)ccc1[N+](=O)[O-]. The van der Waals surface area contributed by atoms with Gasteiger partial charge in [0.05, 0.1) is 38.7 Å². The Kier molecular flexibility index (Phi) is 15.0. The van der Waals surface area contributed by atoms with Crippen molar-refractivity contribution in [2.75, 3.05) is 39.0 Å². The summed E-state index contributed by atoms with van der Waals surface area (Å²) in [6.07, 6.45) is 19.4. The molecule has 1 aromatic rings. The lowest BCUT2D eigenvalue weighted by atomic mass is 10.0. The maximum atomic E-state index is 11.2. The predicted octanol–water partition coefficient (Wildman–Crippen LogP) is 7.87. The van der Waals surface area contributed by atoms with E-state index in [4.69, 9.17) is 0 Å². The lowest BCUT2D eigenvalue weighted by molar-refractivity contribution is -0.888. The first-order chi connectivity index (χ1) is 15.4.